The average Bonchev–Trinajstić information content (AvgIpc) is 3.05. The number of rotatable bonds is 5. The minimum atomic E-state index is -0.583. The quantitative estimate of drug-likeness (QED) is 0.287. The molecule has 2 aromatic heterocycles. The van der Waals surface area contributed by atoms with Crippen molar-refractivity contribution >= 4 is 16.9 Å². The van der Waals surface area contributed by atoms with Gasteiger partial charge in [-0.2, -0.15) is 0 Å². The molecule has 0 radical (unpaired) electrons. The number of hydrogen-bond donors (Lipinski definition) is 4. The van der Waals surface area contributed by atoms with Gasteiger partial charge in [0.15, 0.2) is 22.7 Å². The number of nitrogens with one attached hydrogen (secondary N) is 1. The fraction of sp³-hybridized carbons (Fsp3) is 0.312. The van der Waals surface area contributed by atoms with Gasteiger partial charge in [-0.15, -0.1) is 0 Å². The van der Waals surface area contributed by atoms with E-state index in [2.05, 4.69) is 10.3 Å². The van der Waals surface area contributed by atoms with E-state index in [1.165, 1.54) is 30.1 Å². The molecule has 10 heteroatoms. The largest absolute Gasteiger partial charge is 0.504 e. The molecule has 0 aliphatic rings. The van der Waals surface area contributed by atoms with Crippen LogP contribution in [0.4, 0.5) is 5.69 Å². The molecule has 0 bridgehead atoms. The molecule has 1 aromatic carbocycles. The van der Waals surface area contributed by atoms with Crippen LogP contribution in [-0.2, 0) is 20.6 Å². The predicted molar refractivity (Wildman–Crippen MR) is 94.8 cm³/mol. The summed E-state index contributed by atoms with van der Waals surface area (Å²) in [5.74, 6) is -1.42. The number of phenols is 3. The van der Waals surface area contributed by atoms with Crippen molar-refractivity contribution in [1.82, 2.24) is 18.7 Å². The Morgan fingerprint density at radius 2 is 1.81 bits per heavy atom. The maximum atomic E-state index is 12.3. The first-order valence-electron chi connectivity index (χ1n) is 7.91. The minimum Gasteiger partial charge on any atom is -0.504 e. The van der Waals surface area contributed by atoms with E-state index in [0.29, 0.717) is 30.7 Å². The highest BCUT2D eigenvalue weighted by Gasteiger charge is 2.14. The Balaban J connectivity index is 1.75. The molecular formula is C16H19N5O5. The summed E-state index contributed by atoms with van der Waals surface area (Å²) < 4.78 is 4.03. The van der Waals surface area contributed by atoms with Crippen molar-refractivity contribution in [1.29, 1.82) is 0 Å². The van der Waals surface area contributed by atoms with Crippen LogP contribution in [0.25, 0.3) is 11.2 Å². The third-order valence-corrected chi connectivity index (χ3v) is 4.24. The maximum Gasteiger partial charge on any atom is 0.332 e. The van der Waals surface area contributed by atoms with Gasteiger partial charge in [-0.05, 0) is 18.6 Å². The number of nitrogens with zero attached hydrogens (tertiary/aromatic N) is 4. The van der Waals surface area contributed by atoms with E-state index in [1.807, 2.05) is 0 Å². The predicted octanol–water partition coefficient (Wildman–Crippen LogP) is 0.0527. The molecule has 3 aromatic rings. The second-order valence-corrected chi connectivity index (χ2v) is 5.93. The van der Waals surface area contributed by atoms with E-state index in [1.54, 1.807) is 11.6 Å². The number of hydrogen-bond acceptors (Lipinski definition) is 7. The number of phenolic OH excluding ortho intramolecular Hbond substituents is 3. The Hall–Kier alpha value is -3.43. The molecule has 138 valence electrons. The number of benzene rings is 1. The van der Waals surface area contributed by atoms with Crippen molar-refractivity contribution in [2.45, 2.75) is 13.0 Å². The zero-order valence-electron chi connectivity index (χ0n) is 14.3. The van der Waals surface area contributed by atoms with Crippen LogP contribution in [0.1, 0.15) is 6.42 Å². The molecule has 0 aliphatic heterocycles. The van der Waals surface area contributed by atoms with E-state index in [-0.39, 0.29) is 5.69 Å². The number of anilines is 1. The summed E-state index contributed by atoms with van der Waals surface area (Å²) in [6.45, 7) is 0.894. The molecule has 0 atom stereocenters. The zero-order valence-corrected chi connectivity index (χ0v) is 14.3. The molecule has 10 nitrogen and oxygen atoms in total. The Bertz CT molecular complexity index is 1100. The van der Waals surface area contributed by atoms with E-state index in [0.717, 1.165) is 4.57 Å². The lowest BCUT2D eigenvalue weighted by atomic mass is 10.2. The number of aromatic hydroxyl groups is 3. The number of imidazole rings is 1. The molecule has 0 fully saturated rings. The lowest BCUT2D eigenvalue weighted by molar-refractivity contribution is 0.369. The van der Waals surface area contributed by atoms with Crippen LogP contribution in [0, 0.1) is 0 Å². The van der Waals surface area contributed by atoms with Crippen molar-refractivity contribution in [3.8, 4) is 17.2 Å². The molecule has 0 saturated heterocycles. The summed E-state index contributed by atoms with van der Waals surface area (Å²) in [6.07, 6.45) is 2.09. The van der Waals surface area contributed by atoms with Gasteiger partial charge < -0.3 is 25.2 Å². The van der Waals surface area contributed by atoms with Gasteiger partial charge >= 0.3 is 5.69 Å². The van der Waals surface area contributed by atoms with Crippen LogP contribution in [0.3, 0.4) is 0 Å². The Morgan fingerprint density at radius 1 is 1.08 bits per heavy atom. The molecule has 26 heavy (non-hydrogen) atoms. The van der Waals surface area contributed by atoms with Gasteiger partial charge in [-0.1, -0.05) is 0 Å². The molecule has 0 unspecified atom stereocenters. The first-order chi connectivity index (χ1) is 12.3. The molecule has 0 saturated carbocycles. The van der Waals surface area contributed by atoms with Gasteiger partial charge in [0.05, 0.1) is 12.0 Å². The lowest BCUT2D eigenvalue weighted by Gasteiger charge is -2.11. The van der Waals surface area contributed by atoms with Crippen LogP contribution in [0.5, 0.6) is 17.2 Å². The minimum absolute atomic E-state index is 0.286. The topological polar surface area (TPSA) is 135 Å². The molecule has 2 heterocycles. The number of fused-ring (bicyclic) bond motifs is 1. The van der Waals surface area contributed by atoms with Gasteiger partial charge in [0.1, 0.15) is 0 Å². The third-order valence-electron chi connectivity index (χ3n) is 4.24. The highest BCUT2D eigenvalue weighted by atomic mass is 16.3. The summed E-state index contributed by atoms with van der Waals surface area (Å²) in [5, 5.41) is 31.5. The van der Waals surface area contributed by atoms with Crippen molar-refractivity contribution in [3.05, 3.63) is 39.3 Å². The van der Waals surface area contributed by atoms with Crippen LogP contribution in [-0.4, -0.2) is 40.5 Å². The first-order valence-corrected chi connectivity index (χ1v) is 7.91. The molecule has 0 amide bonds. The molecular weight excluding hydrogens is 342 g/mol. The normalized spacial score (nSPS) is 11.2. The Kier molecular flexibility index (Phi) is 4.33. The van der Waals surface area contributed by atoms with E-state index in [4.69, 9.17) is 0 Å². The van der Waals surface area contributed by atoms with E-state index < -0.39 is 28.5 Å². The zero-order chi connectivity index (χ0) is 19.0. The highest BCUT2D eigenvalue weighted by Crippen LogP contribution is 2.39. The maximum absolute atomic E-state index is 12.3. The van der Waals surface area contributed by atoms with Gasteiger partial charge in [-0.3, -0.25) is 13.9 Å². The monoisotopic (exact) mass is 361 g/mol. The summed E-state index contributed by atoms with van der Waals surface area (Å²) >= 11 is 0. The van der Waals surface area contributed by atoms with Crippen molar-refractivity contribution in [3.63, 3.8) is 0 Å². The Morgan fingerprint density at radius 3 is 2.54 bits per heavy atom. The van der Waals surface area contributed by atoms with Crippen molar-refractivity contribution < 1.29 is 15.3 Å². The SMILES string of the molecule is Cn1c(=O)c2c(ncn2CCCNc2ccc(O)c(O)c2O)n(C)c1=O. The van der Waals surface area contributed by atoms with Gasteiger partial charge in [0.2, 0.25) is 5.75 Å². The fourth-order valence-corrected chi connectivity index (χ4v) is 2.75. The second-order valence-electron chi connectivity index (χ2n) is 5.93. The van der Waals surface area contributed by atoms with Crippen LogP contribution in [0.2, 0.25) is 0 Å². The van der Waals surface area contributed by atoms with Crippen LogP contribution < -0.4 is 16.6 Å². The smallest absolute Gasteiger partial charge is 0.332 e. The fourth-order valence-electron chi connectivity index (χ4n) is 2.75. The van der Waals surface area contributed by atoms with E-state index in [9.17, 15) is 24.9 Å². The summed E-state index contributed by atoms with van der Waals surface area (Å²) in [5.41, 5.74) is 0.118. The summed E-state index contributed by atoms with van der Waals surface area (Å²) in [7, 11) is 2.98. The Labute approximate surface area is 147 Å². The van der Waals surface area contributed by atoms with Crippen molar-refractivity contribution in [2.75, 3.05) is 11.9 Å². The summed E-state index contributed by atoms with van der Waals surface area (Å²) in [4.78, 5) is 28.4. The average molecular weight is 361 g/mol. The second kappa shape index (κ2) is 6.47. The molecule has 0 spiro atoms. The molecule has 0 aliphatic carbocycles. The van der Waals surface area contributed by atoms with Crippen LogP contribution >= 0.6 is 0 Å². The first kappa shape index (κ1) is 17.4. The summed E-state index contributed by atoms with van der Waals surface area (Å²) in [6, 6.07) is 2.72. The standard InChI is InChI=1S/C16H19N5O5/c1-19-14-11(15(25)20(2)16(19)26)21(8-18-14)7-3-6-17-9-4-5-10(22)13(24)12(9)23/h4-5,8,17,22-24H,3,6-7H2,1-2H3. The highest BCUT2D eigenvalue weighted by molar-refractivity contribution is 5.70. The van der Waals surface area contributed by atoms with Gasteiger partial charge in [-0.25, -0.2) is 9.78 Å². The third kappa shape index (κ3) is 2.75. The number of aromatic nitrogens is 4. The number of aryl methyl sites for hydroxylation is 2. The van der Waals surface area contributed by atoms with Crippen molar-refractivity contribution in [2.24, 2.45) is 14.1 Å². The molecule has 4 N–H and O–H groups in total. The van der Waals surface area contributed by atoms with E-state index >= 15 is 0 Å². The van der Waals surface area contributed by atoms with Gasteiger partial charge in [0.25, 0.3) is 5.56 Å². The van der Waals surface area contributed by atoms with Gasteiger partial charge in [0, 0.05) is 27.2 Å². The van der Waals surface area contributed by atoms with Crippen LogP contribution in [0.15, 0.2) is 28.0 Å². The lowest BCUT2D eigenvalue weighted by Crippen LogP contribution is -2.37. The molecule has 3 rings (SSSR count).